The van der Waals surface area contributed by atoms with Crippen LogP contribution in [0, 0.1) is 5.92 Å². The van der Waals surface area contributed by atoms with Gasteiger partial charge in [-0.05, 0) is 56.4 Å². The number of carbonyl (C=O) groups is 1. The minimum absolute atomic E-state index is 0.0711. The van der Waals surface area contributed by atoms with Crippen molar-refractivity contribution in [3.63, 3.8) is 0 Å². The van der Waals surface area contributed by atoms with Crippen molar-refractivity contribution in [3.05, 3.63) is 71.8 Å². The lowest BCUT2D eigenvalue weighted by Gasteiger charge is -2.28. The summed E-state index contributed by atoms with van der Waals surface area (Å²) in [6.45, 7) is 2.19. The van der Waals surface area contributed by atoms with E-state index >= 15 is 0 Å². The fraction of sp³-hybridized carbons (Fsp3) is 0.433. The van der Waals surface area contributed by atoms with E-state index in [4.69, 9.17) is 14.5 Å². The number of nitrogens with zero attached hydrogens (tertiary/aromatic N) is 6. The van der Waals surface area contributed by atoms with Gasteiger partial charge in [-0.25, -0.2) is 14.5 Å². The summed E-state index contributed by atoms with van der Waals surface area (Å²) in [5, 5.41) is 12.9. The Morgan fingerprint density at radius 1 is 1.08 bits per heavy atom. The van der Waals surface area contributed by atoms with Crippen LogP contribution >= 0.6 is 0 Å². The summed E-state index contributed by atoms with van der Waals surface area (Å²) in [4.78, 5) is 17.6. The van der Waals surface area contributed by atoms with Gasteiger partial charge in [0.1, 0.15) is 11.3 Å². The maximum Gasteiger partial charge on any atom is 0.341 e. The maximum atomic E-state index is 12.6. The molecule has 3 aromatic heterocycles. The molecule has 3 atom stereocenters. The molecule has 0 radical (unpaired) electrons. The van der Waals surface area contributed by atoms with Crippen LogP contribution in [-0.4, -0.2) is 48.9 Å². The first kappa shape index (κ1) is 25.3. The van der Waals surface area contributed by atoms with Crippen LogP contribution in [0.2, 0.25) is 0 Å². The number of pyridine rings is 1. The zero-order valence-electron chi connectivity index (χ0n) is 22.7. The number of hydrogen-bond acceptors (Lipinski definition) is 7. The number of methoxy groups -OCH3 is 1. The molecule has 4 aromatic rings. The number of benzene rings is 1. The molecule has 2 aliphatic carbocycles. The summed E-state index contributed by atoms with van der Waals surface area (Å²) in [6, 6.07) is 14.0. The van der Waals surface area contributed by atoms with Crippen LogP contribution < -0.4 is 4.74 Å². The Labute approximate surface area is 228 Å². The van der Waals surface area contributed by atoms with Crippen LogP contribution in [0.3, 0.4) is 0 Å². The van der Waals surface area contributed by atoms with Crippen LogP contribution in [0.1, 0.15) is 79.0 Å². The van der Waals surface area contributed by atoms with E-state index < -0.39 is 5.97 Å². The molecule has 39 heavy (non-hydrogen) atoms. The Hall–Kier alpha value is -4.01. The Balaban J connectivity index is 1.29. The molecule has 9 nitrogen and oxygen atoms in total. The molecule has 1 unspecified atom stereocenters. The van der Waals surface area contributed by atoms with Gasteiger partial charge in [-0.1, -0.05) is 42.7 Å². The van der Waals surface area contributed by atoms with E-state index in [0.29, 0.717) is 17.3 Å². The Morgan fingerprint density at radius 2 is 1.90 bits per heavy atom. The molecule has 0 N–H and O–H groups in total. The minimum Gasteiger partial charge on any atom is -0.490 e. The lowest BCUT2D eigenvalue weighted by atomic mass is 9.86. The van der Waals surface area contributed by atoms with Crippen molar-refractivity contribution in [1.82, 2.24) is 29.8 Å². The summed E-state index contributed by atoms with van der Waals surface area (Å²) in [7, 11) is 3.24. The monoisotopic (exact) mass is 526 g/mol. The van der Waals surface area contributed by atoms with Crippen molar-refractivity contribution in [2.24, 2.45) is 13.0 Å². The number of carbonyl (C=O) groups excluding carboxylic acids is 1. The van der Waals surface area contributed by atoms with Crippen LogP contribution in [0.5, 0.6) is 5.75 Å². The summed E-state index contributed by atoms with van der Waals surface area (Å²) in [5.41, 5.74) is 3.93. The third-order valence-corrected chi connectivity index (χ3v) is 8.07. The zero-order valence-corrected chi connectivity index (χ0v) is 22.7. The van der Waals surface area contributed by atoms with Gasteiger partial charge in [-0.15, -0.1) is 5.10 Å². The summed E-state index contributed by atoms with van der Waals surface area (Å²) < 4.78 is 14.9. The van der Waals surface area contributed by atoms with Crippen LogP contribution in [0.4, 0.5) is 0 Å². The quantitative estimate of drug-likeness (QED) is 0.281. The third-order valence-electron chi connectivity index (χ3n) is 8.07. The van der Waals surface area contributed by atoms with Gasteiger partial charge in [0.2, 0.25) is 0 Å². The first-order valence-corrected chi connectivity index (χ1v) is 13.8. The fourth-order valence-electron chi connectivity index (χ4n) is 5.87. The van der Waals surface area contributed by atoms with Crippen LogP contribution in [0.25, 0.3) is 17.1 Å². The van der Waals surface area contributed by atoms with Gasteiger partial charge in [-0.2, -0.15) is 5.10 Å². The zero-order chi connectivity index (χ0) is 26.9. The molecule has 0 amide bonds. The minimum atomic E-state index is -0.408. The van der Waals surface area contributed by atoms with Gasteiger partial charge in [0.05, 0.1) is 36.5 Å². The predicted octanol–water partition coefficient (Wildman–Crippen LogP) is 5.47. The second kappa shape index (κ2) is 10.6. The van der Waals surface area contributed by atoms with Crippen molar-refractivity contribution >= 4 is 5.97 Å². The molecule has 2 fully saturated rings. The second-order valence-corrected chi connectivity index (χ2v) is 10.7. The molecule has 1 aromatic carbocycles. The molecule has 3 heterocycles. The number of esters is 1. The summed E-state index contributed by atoms with van der Waals surface area (Å²) in [6.07, 6.45) is 10.9. The van der Waals surface area contributed by atoms with Gasteiger partial charge in [0, 0.05) is 30.6 Å². The molecule has 202 valence electrons. The molecular weight excluding hydrogens is 492 g/mol. The highest BCUT2D eigenvalue weighted by Crippen LogP contribution is 2.55. The number of rotatable bonds is 8. The van der Waals surface area contributed by atoms with E-state index in [0.717, 1.165) is 34.8 Å². The van der Waals surface area contributed by atoms with E-state index in [-0.39, 0.29) is 17.9 Å². The van der Waals surface area contributed by atoms with E-state index in [2.05, 4.69) is 28.4 Å². The Bertz CT molecular complexity index is 1470. The van der Waals surface area contributed by atoms with Gasteiger partial charge in [0.15, 0.2) is 5.82 Å². The molecule has 0 spiro atoms. The average Bonchev–Trinajstić information content (AvgIpc) is 3.42. The van der Waals surface area contributed by atoms with Crippen molar-refractivity contribution in [2.45, 2.75) is 63.4 Å². The standard InChI is InChI=1S/C30H34N6O3/c1-19(20-9-5-4-6-10-20)39-22-12-7-11-21(15-22)26-13-8-14-28(32-26)36-29(25(17-31-36)30(37)38-3)24-16-23(24)27-18-35(2)34-33-27/h7-8,11-15,17-20,23-24H,4-6,9-10,16H2,1-3H3/t19?,23-,24-/m1/s1. The molecule has 6 rings (SSSR count). The molecule has 9 heteroatoms. The summed E-state index contributed by atoms with van der Waals surface area (Å²) in [5.74, 6) is 1.94. The van der Waals surface area contributed by atoms with Gasteiger partial charge in [0.25, 0.3) is 0 Å². The van der Waals surface area contributed by atoms with Gasteiger partial charge in [-0.3, -0.25) is 4.68 Å². The van der Waals surface area contributed by atoms with Crippen LogP contribution in [-0.2, 0) is 11.8 Å². The normalized spacial score (nSPS) is 20.0. The van der Waals surface area contributed by atoms with E-state index in [1.54, 1.807) is 15.6 Å². The smallest absolute Gasteiger partial charge is 0.341 e. The lowest BCUT2D eigenvalue weighted by Crippen LogP contribution is -2.25. The number of aryl methyl sites for hydroxylation is 1. The number of hydrogen-bond donors (Lipinski definition) is 0. The largest absolute Gasteiger partial charge is 0.490 e. The SMILES string of the molecule is COC(=O)c1cnn(-c2cccc(-c3cccc(OC(C)C4CCCCC4)c3)n2)c1[C@@H]1C[C@H]1c1cn(C)nn1. The maximum absolute atomic E-state index is 12.6. The highest BCUT2D eigenvalue weighted by Gasteiger charge is 2.46. The molecular formula is C30H34N6O3. The Kier molecular flexibility index (Phi) is 6.89. The molecule has 0 bridgehead atoms. The van der Waals surface area contributed by atoms with Gasteiger partial charge < -0.3 is 9.47 Å². The number of ether oxygens (including phenoxy) is 2. The molecule has 0 saturated heterocycles. The number of aromatic nitrogens is 6. The Morgan fingerprint density at radius 3 is 2.67 bits per heavy atom. The van der Waals surface area contributed by atoms with Crippen molar-refractivity contribution in [1.29, 1.82) is 0 Å². The first-order valence-electron chi connectivity index (χ1n) is 13.8. The highest BCUT2D eigenvalue weighted by atomic mass is 16.5. The third kappa shape index (κ3) is 5.17. The molecule has 0 aliphatic heterocycles. The highest BCUT2D eigenvalue weighted by molar-refractivity contribution is 5.91. The van der Waals surface area contributed by atoms with E-state index in [1.165, 1.54) is 39.2 Å². The summed E-state index contributed by atoms with van der Waals surface area (Å²) >= 11 is 0. The predicted molar refractivity (Wildman–Crippen MR) is 146 cm³/mol. The van der Waals surface area contributed by atoms with Gasteiger partial charge >= 0.3 is 5.97 Å². The first-order chi connectivity index (χ1) is 19.0. The average molecular weight is 527 g/mol. The second-order valence-electron chi connectivity index (χ2n) is 10.7. The van der Waals surface area contributed by atoms with Crippen molar-refractivity contribution < 1.29 is 14.3 Å². The van der Waals surface area contributed by atoms with E-state index in [1.807, 2.05) is 49.6 Å². The topological polar surface area (TPSA) is 96.9 Å². The fourth-order valence-corrected chi connectivity index (χ4v) is 5.87. The van der Waals surface area contributed by atoms with Crippen molar-refractivity contribution in [3.8, 4) is 22.8 Å². The van der Waals surface area contributed by atoms with Crippen molar-refractivity contribution in [2.75, 3.05) is 7.11 Å². The van der Waals surface area contributed by atoms with E-state index in [9.17, 15) is 4.79 Å². The lowest BCUT2D eigenvalue weighted by molar-refractivity contribution is 0.0599. The van der Waals surface area contributed by atoms with Crippen LogP contribution in [0.15, 0.2) is 54.9 Å². The molecule has 2 saturated carbocycles. The molecule has 2 aliphatic rings.